The number of methoxy groups -OCH3 is 1. The molecule has 4 aromatic rings. The van der Waals surface area contributed by atoms with Crippen molar-refractivity contribution in [3.05, 3.63) is 65.2 Å². The van der Waals surface area contributed by atoms with Gasteiger partial charge in [0.15, 0.2) is 5.13 Å². The van der Waals surface area contributed by atoms with E-state index in [4.69, 9.17) is 9.72 Å². The van der Waals surface area contributed by atoms with E-state index in [2.05, 4.69) is 10.1 Å². The average molecular weight is 422 g/mol. The number of fused-ring (bicyclic) bond motifs is 1. The summed E-state index contributed by atoms with van der Waals surface area (Å²) >= 11 is 1.49. The molecular formula is C22H23N5O2S. The highest BCUT2D eigenvalue weighted by atomic mass is 32.1. The third kappa shape index (κ3) is 3.91. The van der Waals surface area contributed by atoms with Crippen LogP contribution in [0.5, 0.6) is 5.75 Å². The molecule has 3 heterocycles. The average Bonchev–Trinajstić information content (AvgIpc) is 3.31. The highest BCUT2D eigenvalue weighted by Crippen LogP contribution is 2.37. The van der Waals surface area contributed by atoms with E-state index in [1.165, 1.54) is 11.3 Å². The Labute approximate surface area is 179 Å². The third-order valence-electron chi connectivity index (χ3n) is 4.88. The molecule has 0 aliphatic carbocycles. The number of carbonyl (C=O) groups is 1. The summed E-state index contributed by atoms with van der Waals surface area (Å²) in [6.45, 7) is 6.37. The van der Waals surface area contributed by atoms with Gasteiger partial charge >= 0.3 is 0 Å². The second-order valence-electron chi connectivity index (χ2n) is 7.14. The summed E-state index contributed by atoms with van der Waals surface area (Å²) in [6.07, 6.45) is 1.73. The van der Waals surface area contributed by atoms with E-state index in [0.29, 0.717) is 17.4 Å². The zero-order valence-electron chi connectivity index (χ0n) is 17.4. The number of anilines is 1. The minimum absolute atomic E-state index is 0.0949. The van der Waals surface area contributed by atoms with E-state index in [9.17, 15) is 4.79 Å². The van der Waals surface area contributed by atoms with Crippen molar-refractivity contribution >= 4 is 32.6 Å². The third-order valence-corrected chi connectivity index (χ3v) is 6.09. The van der Waals surface area contributed by atoms with Crippen molar-refractivity contribution in [1.29, 1.82) is 0 Å². The van der Waals surface area contributed by atoms with Gasteiger partial charge < -0.3 is 4.74 Å². The summed E-state index contributed by atoms with van der Waals surface area (Å²) in [4.78, 5) is 24.2. The molecule has 4 rings (SSSR count). The van der Waals surface area contributed by atoms with Crippen molar-refractivity contribution in [3.63, 3.8) is 0 Å². The zero-order valence-corrected chi connectivity index (χ0v) is 18.2. The molecule has 0 aliphatic heterocycles. The number of aryl methyl sites for hydroxylation is 3. The summed E-state index contributed by atoms with van der Waals surface area (Å²) in [6, 6.07) is 11.5. The van der Waals surface area contributed by atoms with Crippen LogP contribution >= 0.6 is 11.3 Å². The SMILES string of the molecule is COc1ccc(C)c2sc(N(Cc3ccccn3)C(=O)Cn3nc(C)cc3C)nc12. The molecule has 0 radical (unpaired) electrons. The van der Waals surface area contributed by atoms with Gasteiger partial charge in [-0.15, -0.1) is 0 Å². The smallest absolute Gasteiger partial charge is 0.250 e. The summed E-state index contributed by atoms with van der Waals surface area (Å²) in [7, 11) is 1.63. The largest absolute Gasteiger partial charge is 0.494 e. The van der Waals surface area contributed by atoms with E-state index >= 15 is 0 Å². The summed E-state index contributed by atoms with van der Waals surface area (Å²) in [5, 5.41) is 5.05. The Hall–Kier alpha value is -3.26. The van der Waals surface area contributed by atoms with Gasteiger partial charge in [-0.25, -0.2) is 4.98 Å². The maximum absolute atomic E-state index is 13.4. The minimum atomic E-state index is -0.0949. The Bertz CT molecular complexity index is 1200. The van der Waals surface area contributed by atoms with Gasteiger partial charge in [-0.3, -0.25) is 19.4 Å². The fourth-order valence-corrected chi connectivity index (χ4v) is 4.41. The Balaban J connectivity index is 1.75. The van der Waals surface area contributed by atoms with Crippen LogP contribution in [0, 0.1) is 20.8 Å². The van der Waals surface area contributed by atoms with E-state index in [0.717, 1.165) is 32.9 Å². The molecule has 0 saturated carbocycles. The topological polar surface area (TPSA) is 73.1 Å². The molecule has 0 unspecified atom stereocenters. The number of nitrogens with zero attached hydrogens (tertiary/aromatic N) is 5. The first-order valence-electron chi connectivity index (χ1n) is 9.61. The molecule has 154 valence electrons. The molecule has 30 heavy (non-hydrogen) atoms. The van der Waals surface area contributed by atoms with Gasteiger partial charge in [0.05, 0.1) is 29.7 Å². The van der Waals surface area contributed by atoms with Crippen molar-refractivity contribution in [3.8, 4) is 5.75 Å². The van der Waals surface area contributed by atoms with Gasteiger partial charge in [-0.05, 0) is 50.6 Å². The van der Waals surface area contributed by atoms with E-state index in [1.54, 1.807) is 22.9 Å². The van der Waals surface area contributed by atoms with Crippen LogP contribution in [0.1, 0.15) is 22.6 Å². The summed E-state index contributed by atoms with van der Waals surface area (Å²) in [5.74, 6) is 0.601. The normalized spacial score (nSPS) is 11.1. The highest BCUT2D eigenvalue weighted by Gasteiger charge is 2.23. The minimum Gasteiger partial charge on any atom is -0.494 e. The van der Waals surface area contributed by atoms with E-state index in [1.807, 2.05) is 57.2 Å². The molecule has 0 spiro atoms. The molecule has 1 aromatic carbocycles. The number of ether oxygens (including phenoxy) is 1. The number of rotatable bonds is 6. The molecule has 0 N–H and O–H groups in total. The quantitative estimate of drug-likeness (QED) is 0.469. The molecular weight excluding hydrogens is 398 g/mol. The summed E-state index contributed by atoms with van der Waals surface area (Å²) in [5.41, 5.74) is 4.49. The van der Waals surface area contributed by atoms with Crippen LogP contribution in [-0.2, 0) is 17.9 Å². The standard InChI is InChI=1S/C22H23N5O2S/c1-14-8-9-18(29-4)20-21(14)30-22(24-20)26(12-17-7-5-6-10-23-17)19(28)13-27-16(3)11-15(2)25-27/h5-11H,12-13H2,1-4H3. The van der Waals surface area contributed by atoms with Crippen LogP contribution in [-0.4, -0.2) is 32.8 Å². The number of hydrogen-bond donors (Lipinski definition) is 0. The molecule has 1 amide bonds. The second-order valence-corrected chi connectivity index (χ2v) is 8.12. The van der Waals surface area contributed by atoms with Crippen LogP contribution in [0.2, 0.25) is 0 Å². The lowest BCUT2D eigenvalue weighted by Crippen LogP contribution is -2.34. The van der Waals surface area contributed by atoms with Gasteiger partial charge in [0.1, 0.15) is 17.8 Å². The van der Waals surface area contributed by atoms with Gasteiger partial charge in [0, 0.05) is 11.9 Å². The van der Waals surface area contributed by atoms with Crippen LogP contribution < -0.4 is 9.64 Å². The Morgan fingerprint density at radius 1 is 1.20 bits per heavy atom. The Morgan fingerprint density at radius 2 is 2.03 bits per heavy atom. The molecule has 0 bridgehead atoms. The number of amides is 1. The van der Waals surface area contributed by atoms with Crippen molar-refractivity contribution in [2.75, 3.05) is 12.0 Å². The predicted octanol–water partition coefficient (Wildman–Crippen LogP) is 4.06. The van der Waals surface area contributed by atoms with Crippen LogP contribution in [0.3, 0.4) is 0 Å². The van der Waals surface area contributed by atoms with Crippen molar-refractivity contribution in [2.24, 2.45) is 0 Å². The van der Waals surface area contributed by atoms with Crippen molar-refractivity contribution < 1.29 is 9.53 Å². The van der Waals surface area contributed by atoms with Crippen LogP contribution in [0.25, 0.3) is 10.2 Å². The van der Waals surface area contributed by atoms with Crippen LogP contribution in [0.4, 0.5) is 5.13 Å². The van der Waals surface area contributed by atoms with Gasteiger partial charge in [-0.2, -0.15) is 5.10 Å². The fourth-order valence-electron chi connectivity index (χ4n) is 3.34. The number of carbonyl (C=O) groups excluding carboxylic acids is 1. The molecule has 3 aromatic heterocycles. The monoisotopic (exact) mass is 421 g/mol. The molecule has 0 fully saturated rings. The maximum Gasteiger partial charge on any atom is 0.250 e. The van der Waals surface area contributed by atoms with Gasteiger partial charge in [-0.1, -0.05) is 23.5 Å². The van der Waals surface area contributed by atoms with E-state index in [-0.39, 0.29) is 12.5 Å². The number of thiazole rings is 1. The fraction of sp³-hybridized carbons (Fsp3) is 0.273. The molecule has 0 saturated heterocycles. The number of hydrogen-bond acceptors (Lipinski definition) is 6. The van der Waals surface area contributed by atoms with Crippen molar-refractivity contribution in [2.45, 2.75) is 33.9 Å². The first-order chi connectivity index (χ1) is 14.5. The number of pyridine rings is 1. The molecule has 0 aliphatic rings. The lowest BCUT2D eigenvalue weighted by molar-refractivity contribution is -0.119. The number of aromatic nitrogens is 4. The van der Waals surface area contributed by atoms with Crippen LogP contribution in [0.15, 0.2) is 42.6 Å². The van der Waals surface area contributed by atoms with Gasteiger partial charge in [0.2, 0.25) is 0 Å². The molecule has 0 atom stereocenters. The number of benzene rings is 1. The predicted molar refractivity (Wildman–Crippen MR) is 118 cm³/mol. The molecule has 8 heteroatoms. The van der Waals surface area contributed by atoms with E-state index < -0.39 is 0 Å². The first kappa shape index (κ1) is 20.0. The maximum atomic E-state index is 13.4. The van der Waals surface area contributed by atoms with Crippen molar-refractivity contribution in [1.82, 2.24) is 19.7 Å². The second kappa shape index (κ2) is 8.23. The first-order valence-corrected chi connectivity index (χ1v) is 10.4. The van der Waals surface area contributed by atoms with Gasteiger partial charge in [0.25, 0.3) is 5.91 Å². The molecule has 7 nitrogen and oxygen atoms in total. The highest BCUT2D eigenvalue weighted by molar-refractivity contribution is 7.22. The zero-order chi connectivity index (χ0) is 21.3. The Morgan fingerprint density at radius 3 is 2.70 bits per heavy atom. The lowest BCUT2D eigenvalue weighted by Gasteiger charge is -2.20. The Kier molecular flexibility index (Phi) is 5.50. The lowest BCUT2D eigenvalue weighted by atomic mass is 10.2. The summed E-state index contributed by atoms with van der Waals surface area (Å²) < 4.78 is 8.22.